The third-order valence-electron chi connectivity index (χ3n) is 5.73. The molecule has 5 heteroatoms. The number of nitrogens with zero attached hydrogens (tertiary/aromatic N) is 2. The van der Waals surface area contributed by atoms with Crippen molar-refractivity contribution in [3.63, 3.8) is 0 Å². The predicted molar refractivity (Wildman–Crippen MR) is 121 cm³/mol. The highest BCUT2D eigenvalue weighted by atomic mass is 16.3. The van der Waals surface area contributed by atoms with Crippen LogP contribution in [0, 0.1) is 0 Å². The molecule has 156 valence electrons. The van der Waals surface area contributed by atoms with Crippen LogP contribution in [0.1, 0.15) is 22.6 Å². The van der Waals surface area contributed by atoms with Crippen molar-refractivity contribution in [2.24, 2.45) is 0 Å². The molecule has 0 aromatic heterocycles. The number of aliphatic hydroxyl groups is 3. The van der Waals surface area contributed by atoms with Gasteiger partial charge in [0.2, 0.25) is 0 Å². The Bertz CT molecular complexity index is 921. The monoisotopic (exact) mass is 404 g/mol. The van der Waals surface area contributed by atoms with Gasteiger partial charge in [0, 0.05) is 42.6 Å². The minimum atomic E-state index is 0.0474. The normalized spacial score (nSPS) is 13.1. The van der Waals surface area contributed by atoms with Crippen LogP contribution in [0.2, 0.25) is 0 Å². The van der Waals surface area contributed by atoms with Crippen molar-refractivity contribution in [1.29, 1.82) is 0 Å². The number of hydrogen-bond acceptors (Lipinski definition) is 5. The molecular formula is C25H28N2O3. The fraction of sp³-hybridized carbons (Fsp3) is 0.280. The SMILES string of the molecule is OCCN(CCO)c1ccc(C2c3ccccc3N(CCO)c3ccccc32)cc1. The summed E-state index contributed by atoms with van der Waals surface area (Å²) in [6.07, 6.45) is 0. The third-order valence-corrected chi connectivity index (χ3v) is 5.73. The highest BCUT2D eigenvalue weighted by molar-refractivity contribution is 5.78. The van der Waals surface area contributed by atoms with E-state index in [0.717, 1.165) is 17.1 Å². The van der Waals surface area contributed by atoms with Gasteiger partial charge >= 0.3 is 0 Å². The molecule has 3 N–H and O–H groups in total. The van der Waals surface area contributed by atoms with Crippen LogP contribution in [-0.2, 0) is 0 Å². The molecule has 0 saturated carbocycles. The van der Waals surface area contributed by atoms with Gasteiger partial charge in [-0.2, -0.15) is 0 Å². The smallest absolute Gasteiger partial charge is 0.0610 e. The van der Waals surface area contributed by atoms with Gasteiger partial charge in [0.1, 0.15) is 0 Å². The van der Waals surface area contributed by atoms with E-state index in [2.05, 4.69) is 65.6 Å². The first kappa shape index (κ1) is 20.4. The molecule has 0 fully saturated rings. The molecule has 0 saturated heterocycles. The van der Waals surface area contributed by atoms with Gasteiger partial charge in [-0.3, -0.25) is 0 Å². The molecule has 5 nitrogen and oxygen atoms in total. The summed E-state index contributed by atoms with van der Waals surface area (Å²) in [6, 6.07) is 25.2. The van der Waals surface area contributed by atoms with Gasteiger partial charge in [0.25, 0.3) is 0 Å². The number of rotatable bonds is 8. The molecule has 1 aliphatic rings. The van der Waals surface area contributed by atoms with E-state index < -0.39 is 0 Å². The zero-order valence-corrected chi connectivity index (χ0v) is 17.0. The van der Waals surface area contributed by atoms with Gasteiger partial charge in [-0.25, -0.2) is 0 Å². The van der Waals surface area contributed by atoms with Crippen LogP contribution < -0.4 is 9.80 Å². The van der Waals surface area contributed by atoms with Gasteiger partial charge in [-0.05, 0) is 41.0 Å². The lowest BCUT2D eigenvalue weighted by molar-refractivity contribution is 0.281. The number of β-amino-alcohol motifs (C(OH)–C–C–N with tert-alkyl or cyclic N) is 1. The average molecular weight is 405 g/mol. The van der Waals surface area contributed by atoms with Crippen LogP contribution in [0.4, 0.5) is 17.1 Å². The van der Waals surface area contributed by atoms with E-state index in [1.807, 2.05) is 17.0 Å². The predicted octanol–water partition coefficient (Wildman–Crippen LogP) is 3.10. The van der Waals surface area contributed by atoms with Gasteiger partial charge < -0.3 is 25.1 Å². The molecule has 0 bridgehead atoms. The van der Waals surface area contributed by atoms with Crippen molar-refractivity contribution in [2.75, 3.05) is 49.3 Å². The Morgan fingerprint density at radius 3 is 1.70 bits per heavy atom. The minimum absolute atomic E-state index is 0.0474. The van der Waals surface area contributed by atoms with E-state index in [9.17, 15) is 15.3 Å². The van der Waals surface area contributed by atoms with Crippen molar-refractivity contribution in [2.45, 2.75) is 5.92 Å². The van der Waals surface area contributed by atoms with Crippen molar-refractivity contribution in [1.82, 2.24) is 0 Å². The Hall–Kier alpha value is -2.86. The Kier molecular flexibility index (Phi) is 6.33. The molecule has 1 heterocycles. The van der Waals surface area contributed by atoms with Gasteiger partial charge in [0.15, 0.2) is 0 Å². The first-order valence-electron chi connectivity index (χ1n) is 10.4. The number of hydrogen-bond donors (Lipinski definition) is 3. The van der Waals surface area contributed by atoms with Crippen LogP contribution in [0.3, 0.4) is 0 Å². The molecular weight excluding hydrogens is 376 g/mol. The molecule has 30 heavy (non-hydrogen) atoms. The first-order chi connectivity index (χ1) is 14.8. The molecule has 0 radical (unpaired) electrons. The molecule has 3 aromatic rings. The van der Waals surface area contributed by atoms with Crippen LogP contribution in [0.15, 0.2) is 72.8 Å². The molecule has 0 unspecified atom stereocenters. The highest BCUT2D eigenvalue weighted by Crippen LogP contribution is 2.48. The first-order valence-corrected chi connectivity index (χ1v) is 10.4. The lowest BCUT2D eigenvalue weighted by Gasteiger charge is -2.37. The van der Waals surface area contributed by atoms with E-state index in [4.69, 9.17) is 0 Å². The van der Waals surface area contributed by atoms with Gasteiger partial charge in [-0.1, -0.05) is 48.5 Å². The van der Waals surface area contributed by atoms with E-state index in [1.165, 1.54) is 16.7 Å². The summed E-state index contributed by atoms with van der Waals surface area (Å²) in [5.74, 6) is 0.102. The second-order valence-corrected chi connectivity index (χ2v) is 7.45. The maximum absolute atomic E-state index is 9.64. The molecule has 1 aliphatic heterocycles. The number of aliphatic hydroxyl groups excluding tert-OH is 3. The quantitative estimate of drug-likeness (QED) is 0.538. The molecule has 3 aromatic carbocycles. The second-order valence-electron chi connectivity index (χ2n) is 7.45. The molecule has 4 rings (SSSR count). The summed E-state index contributed by atoms with van der Waals surface area (Å²) in [7, 11) is 0. The second kappa shape index (κ2) is 9.30. The van der Waals surface area contributed by atoms with Gasteiger partial charge in [-0.15, -0.1) is 0 Å². The summed E-state index contributed by atoms with van der Waals surface area (Å²) in [5.41, 5.74) is 6.87. The van der Waals surface area contributed by atoms with Crippen molar-refractivity contribution in [3.05, 3.63) is 89.5 Å². The lowest BCUT2D eigenvalue weighted by atomic mass is 9.80. The largest absolute Gasteiger partial charge is 0.395 e. The van der Waals surface area contributed by atoms with E-state index in [1.54, 1.807) is 0 Å². The fourth-order valence-electron chi connectivity index (χ4n) is 4.44. The van der Waals surface area contributed by atoms with Crippen molar-refractivity contribution in [3.8, 4) is 0 Å². The van der Waals surface area contributed by atoms with Crippen molar-refractivity contribution >= 4 is 17.1 Å². The summed E-state index contributed by atoms with van der Waals surface area (Å²) in [4.78, 5) is 4.18. The molecule has 0 amide bonds. The summed E-state index contributed by atoms with van der Waals surface area (Å²) >= 11 is 0. The number of anilines is 3. The minimum Gasteiger partial charge on any atom is -0.395 e. The summed E-state index contributed by atoms with van der Waals surface area (Å²) in [5, 5.41) is 28.3. The molecule has 0 atom stereocenters. The maximum Gasteiger partial charge on any atom is 0.0610 e. The Morgan fingerprint density at radius 1 is 0.667 bits per heavy atom. The third kappa shape index (κ3) is 3.79. The fourth-order valence-corrected chi connectivity index (χ4v) is 4.44. The van der Waals surface area contributed by atoms with Crippen LogP contribution in [-0.4, -0.2) is 54.8 Å². The van der Waals surface area contributed by atoms with Crippen LogP contribution in [0.5, 0.6) is 0 Å². The van der Waals surface area contributed by atoms with E-state index in [0.29, 0.717) is 19.6 Å². The summed E-state index contributed by atoms with van der Waals surface area (Å²) in [6.45, 7) is 1.72. The van der Waals surface area contributed by atoms with E-state index in [-0.39, 0.29) is 25.7 Å². The number of benzene rings is 3. The maximum atomic E-state index is 9.64. The highest BCUT2D eigenvalue weighted by Gasteiger charge is 2.30. The van der Waals surface area contributed by atoms with E-state index >= 15 is 0 Å². The van der Waals surface area contributed by atoms with Gasteiger partial charge in [0.05, 0.1) is 19.8 Å². The van der Waals surface area contributed by atoms with Crippen LogP contribution in [0.25, 0.3) is 0 Å². The zero-order chi connectivity index (χ0) is 20.9. The molecule has 0 aliphatic carbocycles. The zero-order valence-electron chi connectivity index (χ0n) is 17.0. The Balaban J connectivity index is 1.77. The number of fused-ring (bicyclic) bond motifs is 2. The number of para-hydroxylation sites is 2. The average Bonchev–Trinajstić information content (AvgIpc) is 2.79. The Labute approximate surface area is 177 Å². The standard InChI is InChI=1S/C25H28N2O3/c28-16-13-26(14-17-29)20-11-9-19(10-12-20)25-21-5-1-3-7-23(21)27(15-18-30)24-8-4-2-6-22(24)25/h1-12,25,28-30H,13-18H2. The Morgan fingerprint density at radius 2 is 1.20 bits per heavy atom. The van der Waals surface area contributed by atoms with Crippen molar-refractivity contribution < 1.29 is 15.3 Å². The lowest BCUT2D eigenvalue weighted by Crippen LogP contribution is -2.30. The summed E-state index contributed by atoms with van der Waals surface area (Å²) < 4.78 is 0. The van der Waals surface area contributed by atoms with Crippen LogP contribution >= 0.6 is 0 Å². The molecule has 0 spiro atoms. The topological polar surface area (TPSA) is 67.2 Å².